The predicted molar refractivity (Wildman–Crippen MR) is 90.8 cm³/mol. The summed E-state index contributed by atoms with van der Waals surface area (Å²) in [5.74, 6) is -1.54. The summed E-state index contributed by atoms with van der Waals surface area (Å²) in [4.78, 5) is 1.67. The third kappa shape index (κ3) is 5.18. The highest BCUT2D eigenvalue weighted by atomic mass is 19.4. The van der Waals surface area contributed by atoms with Gasteiger partial charge >= 0.3 is 12.5 Å². The zero-order valence-electron chi connectivity index (χ0n) is 14.9. The van der Waals surface area contributed by atoms with Crippen LogP contribution in [0.2, 0.25) is 0 Å². The number of halogens is 7. The van der Waals surface area contributed by atoms with E-state index in [2.05, 4.69) is 10.1 Å². The maximum absolute atomic E-state index is 14.7. The maximum Gasteiger partial charge on any atom is 0.573 e. The Morgan fingerprint density at radius 1 is 0.897 bits per heavy atom. The van der Waals surface area contributed by atoms with E-state index in [9.17, 15) is 30.7 Å². The summed E-state index contributed by atoms with van der Waals surface area (Å²) in [6, 6.07) is 6.07. The van der Waals surface area contributed by atoms with Crippen molar-refractivity contribution in [2.75, 3.05) is 26.2 Å². The Labute approximate surface area is 162 Å². The van der Waals surface area contributed by atoms with Crippen LogP contribution in [0.3, 0.4) is 0 Å². The first kappa shape index (κ1) is 21.4. The fourth-order valence-corrected chi connectivity index (χ4v) is 3.41. The van der Waals surface area contributed by atoms with Crippen molar-refractivity contribution in [2.45, 2.75) is 18.6 Å². The molecule has 1 N–H and O–H groups in total. The molecule has 3 nitrogen and oxygen atoms in total. The second kappa shape index (κ2) is 8.19. The fourth-order valence-electron chi connectivity index (χ4n) is 3.41. The molecule has 2 aromatic rings. The molecule has 1 atom stereocenters. The minimum atomic E-state index is -4.89. The lowest BCUT2D eigenvalue weighted by Gasteiger charge is -2.36. The molecule has 0 spiro atoms. The number of hydrogen-bond acceptors (Lipinski definition) is 3. The molecule has 10 heteroatoms. The van der Waals surface area contributed by atoms with E-state index in [0.717, 1.165) is 30.3 Å². The van der Waals surface area contributed by atoms with Crippen molar-refractivity contribution in [1.29, 1.82) is 0 Å². The molecule has 3 rings (SSSR count). The van der Waals surface area contributed by atoms with Crippen molar-refractivity contribution in [3.8, 4) is 5.75 Å². The molecular weight excluding hydrogens is 405 g/mol. The highest BCUT2D eigenvalue weighted by Gasteiger charge is 2.39. The first-order chi connectivity index (χ1) is 13.6. The summed E-state index contributed by atoms with van der Waals surface area (Å²) in [6.07, 6.45) is -9.68. The zero-order valence-corrected chi connectivity index (χ0v) is 14.9. The van der Waals surface area contributed by atoms with Crippen molar-refractivity contribution < 1.29 is 35.5 Å². The smallest absolute Gasteiger partial charge is 0.406 e. The van der Waals surface area contributed by atoms with E-state index in [-0.39, 0.29) is 5.56 Å². The summed E-state index contributed by atoms with van der Waals surface area (Å²) < 4.78 is 96.3. The molecule has 1 saturated heterocycles. The molecule has 158 valence electrons. The molecular formula is C19H17F7N2O. The third-order valence-electron chi connectivity index (χ3n) is 4.58. The van der Waals surface area contributed by atoms with Gasteiger partial charge in [-0.2, -0.15) is 13.2 Å². The zero-order chi connectivity index (χ0) is 21.2. The summed E-state index contributed by atoms with van der Waals surface area (Å²) >= 11 is 0. The molecule has 2 aromatic carbocycles. The van der Waals surface area contributed by atoms with E-state index in [1.807, 2.05) is 0 Å². The number of rotatable bonds is 4. The topological polar surface area (TPSA) is 24.5 Å². The van der Waals surface area contributed by atoms with Crippen molar-refractivity contribution in [3.63, 3.8) is 0 Å². The van der Waals surface area contributed by atoms with Gasteiger partial charge in [-0.15, -0.1) is 13.2 Å². The van der Waals surface area contributed by atoms with Gasteiger partial charge in [-0.3, -0.25) is 4.90 Å². The molecule has 1 fully saturated rings. The molecule has 29 heavy (non-hydrogen) atoms. The van der Waals surface area contributed by atoms with Gasteiger partial charge in [-0.25, -0.2) is 4.39 Å². The summed E-state index contributed by atoms with van der Waals surface area (Å²) in [7, 11) is 0. The highest BCUT2D eigenvalue weighted by Crippen LogP contribution is 2.41. The quantitative estimate of drug-likeness (QED) is 0.721. The summed E-state index contributed by atoms with van der Waals surface area (Å²) in [5, 5.41) is 3.06. The molecule has 0 aromatic heterocycles. The molecule has 0 unspecified atom stereocenters. The van der Waals surface area contributed by atoms with E-state index in [0.29, 0.717) is 26.2 Å². The highest BCUT2D eigenvalue weighted by molar-refractivity contribution is 5.41. The molecule has 0 saturated carbocycles. The first-order valence-electron chi connectivity index (χ1n) is 8.72. The molecule has 1 aliphatic rings. The van der Waals surface area contributed by atoms with E-state index in [1.165, 1.54) is 12.1 Å². The lowest BCUT2D eigenvalue weighted by atomic mass is 9.91. The molecule has 0 radical (unpaired) electrons. The second-order valence-electron chi connectivity index (χ2n) is 6.50. The van der Waals surface area contributed by atoms with Crippen LogP contribution in [-0.2, 0) is 6.18 Å². The van der Waals surface area contributed by atoms with Crippen LogP contribution in [0.1, 0.15) is 22.7 Å². The van der Waals surface area contributed by atoms with E-state index in [4.69, 9.17) is 0 Å². The minimum absolute atomic E-state index is 0.233. The van der Waals surface area contributed by atoms with Crippen LogP contribution >= 0.6 is 0 Å². The van der Waals surface area contributed by atoms with E-state index >= 15 is 0 Å². The molecule has 1 heterocycles. The van der Waals surface area contributed by atoms with Crippen molar-refractivity contribution in [1.82, 2.24) is 10.2 Å². The Hall–Kier alpha value is -2.33. The van der Waals surface area contributed by atoms with Gasteiger partial charge in [0.1, 0.15) is 11.6 Å². The molecule has 0 bridgehead atoms. The van der Waals surface area contributed by atoms with Gasteiger partial charge in [0.15, 0.2) is 0 Å². The number of hydrogen-bond donors (Lipinski definition) is 1. The number of alkyl halides is 6. The Balaban J connectivity index is 2.08. The number of benzene rings is 2. The lowest BCUT2D eigenvalue weighted by Crippen LogP contribution is -2.46. The fraction of sp³-hybridized carbons (Fsp3) is 0.368. The standard InChI is InChI=1S/C19H17F7N2O/c20-15-3-1-2-14(18(21,22)23)16(15)17(28-10-8-27-9-11-28)12-4-6-13(7-5-12)29-19(24,25)26/h1-7,17,27H,8-11H2/t17-/m0/s1. The number of ether oxygens (including phenoxy) is 1. The Morgan fingerprint density at radius 2 is 1.52 bits per heavy atom. The molecule has 0 aliphatic carbocycles. The molecule has 1 aliphatic heterocycles. The van der Waals surface area contributed by atoms with E-state index in [1.54, 1.807) is 4.90 Å². The third-order valence-corrected chi connectivity index (χ3v) is 4.58. The average molecular weight is 422 g/mol. The van der Waals surface area contributed by atoms with Crippen molar-refractivity contribution in [3.05, 3.63) is 65.0 Å². The Kier molecular flexibility index (Phi) is 6.04. The predicted octanol–water partition coefficient (Wildman–Crippen LogP) is 4.74. The van der Waals surface area contributed by atoms with Crippen LogP contribution in [0.25, 0.3) is 0 Å². The lowest BCUT2D eigenvalue weighted by molar-refractivity contribution is -0.274. The van der Waals surface area contributed by atoms with Crippen molar-refractivity contribution >= 4 is 0 Å². The normalized spacial score (nSPS) is 17.2. The number of piperazine rings is 1. The Morgan fingerprint density at radius 3 is 2.07 bits per heavy atom. The van der Waals surface area contributed by atoms with Crippen LogP contribution in [0.5, 0.6) is 5.75 Å². The largest absolute Gasteiger partial charge is 0.573 e. The number of nitrogens with one attached hydrogen (secondary N) is 1. The van der Waals surface area contributed by atoms with Gasteiger partial charge < -0.3 is 10.1 Å². The monoisotopic (exact) mass is 422 g/mol. The Bertz CT molecular complexity index is 828. The van der Waals surface area contributed by atoms with Crippen LogP contribution in [-0.4, -0.2) is 37.4 Å². The van der Waals surface area contributed by atoms with Gasteiger partial charge in [0, 0.05) is 31.7 Å². The van der Waals surface area contributed by atoms with E-state index < -0.39 is 41.3 Å². The summed E-state index contributed by atoms with van der Waals surface area (Å²) in [6.45, 7) is 1.66. The molecule has 0 amide bonds. The van der Waals surface area contributed by atoms with Gasteiger partial charge in [0.05, 0.1) is 11.6 Å². The van der Waals surface area contributed by atoms with Gasteiger partial charge in [0.25, 0.3) is 0 Å². The van der Waals surface area contributed by atoms with Crippen LogP contribution < -0.4 is 10.1 Å². The minimum Gasteiger partial charge on any atom is -0.406 e. The summed E-state index contributed by atoms with van der Waals surface area (Å²) in [5.41, 5.74) is -1.43. The number of nitrogens with zero attached hydrogens (tertiary/aromatic N) is 1. The van der Waals surface area contributed by atoms with Crippen LogP contribution in [0.15, 0.2) is 42.5 Å². The van der Waals surface area contributed by atoms with Crippen LogP contribution in [0.4, 0.5) is 30.7 Å². The van der Waals surface area contributed by atoms with Gasteiger partial charge in [0.2, 0.25) is 0 Å². The average Bonchev–Trinajstić information content (AvgIpc) is 2.63. The van der Waals surface area contributed by atoms with Crippen molar-refractivity contribution in [2.24, 2.45) is 0 Å². The maximum atomic E-state index is 14.7. The SMILES string of the molecule is Fc1cccc(C(F)(F)F)c1[C@H](c1ccc(OC(F)(F)F)cc1)N1CCNCC1. The van der Waals surface area contributed by atoms with Crippen LogP contribution in [0, 0.1) is 5.82 Å². The second-order valence-corrected chi connectivity index (χ2v) is 6.50. The first-order valence-corrected chi connectivity index (χ1v) is 8.72. The van der Waals surface area contributed by atoms with Gasteiger partial charge in [-0.05, 0) is 29.8 Å². The van der Waals surface area contributed by atoms with Gasteiger partial charge in [-0.1, -0.05) is 18.2 Å².